The Kier molecular flexibility index (Phi) is 3.55. The predicted octanol–water partition coefficient (Wildman–Crippen LogP) is 1.96. The zero-order chi connectivity index (χ0) is 17.2. The molecule has 0 saturated carbocycles. The van der Waals surface area contributed by atoms with E-state index in [1.807, 2.05) is 42.5 Å². The molecule has 0 spiro atoms. The monoisotopic (exact) mass is 332 g/mol. The quantitative estimate of drug-likeness (QED) is 0.530. The van der Waals surface area contributed by atoms with Gasteiger partial charge in [-0.1, -0.05) is 42.5 Å². The second kappa shape index (κ2) is 6.00. The van der Waals surface area contributed by atoms with Crippen LogP contribution in [0.4, 0.5) is 5.95 Å². The Bertz CT molecular complexity index is 1110. The van der Waals surface area contributed by atoms with Gasteiger partial charge >= 0.3 is 0 Å². The summed E-state index contributed by atoms with van der Waals surface area (Å²) in [5, 5.41) is 17.4. The molecule has 8 heteroatoms. The number of hydrogen-bond acceptors (Lipinski definition) is 5. The van der Waals surface area contributed by atoms with Gasteiger partial charge in [0.1, 0.15) is 5.69 Å². The van der Waals surface area contributed by atoms with Crippen molar-refractivity contribution in [2.24, 2.45) is 0 Å². The number of rotatable bonds is 3. The van der Waals surface area contributed by atoms with Gasteiger partial charge in [-0.15, -0.1) is 5.10 Å². The Balaban J connectivity index is 1.63. The van der Waals surface area contributed by atoms with Crippen molar-refractivity contribution < 1.29 is 4.79 Å². The second-order valence-electron chi connectivity index (χ2n) is 5.29. The van der Waals surface area contributed by atoms with Crippen LogP contribution in [0.25, 0.3) is 22.2 Å². The highest BCUT2D eigenvalue weighted by Crippen LogP contribution is 2.26. The molecule has 0 bridgehead atoms. The highest BCUT2D eigenvalue weighted by Gasteiger charge is 2.13. The van der Waals surface area contributed by atoms with Crippen LogP contribution in [0.5, 0.6) is 0 Å². The van der Waals surface area contributed by atoms with Gasteiger partial charge < -0.3 is 0 Å². The van der Waals surface area contributed by atoms with Crippen molar-refractivity contribution in [2.45, 2.75) is 0 Å². The first-order chi connectivity index (χ1) is 12.2. The molecule has 25 heavy (non-hydrogen) atoms. The fraction of sp³-hybridized carbons (Fsp3) is 0. The summed E-state index contributed by atoms with van der Waals surface area (Å²) in [5.74, 6) is 0.155. The van der Waals surface area contributed by atoms with Crippen molar-refractivity contribution in [1.82, 2.24) is 25.4 Å². The van der Waals surface area contributed by atoms with E-state index >= 15 is 0 Å². The van der Waals surface area contributed by atoms with Crippen LogP contribution >= 0.6 is 0 Å². The average molecular weight is 332 g/mol. The molecule has 0 radical (unpaired) electrons. The fourth-order valence-corrected chi connectivity index (χ4v) is 2.51. The summed E-state index contributed by atoms with van der Waals surface area (Å²) in [7, 11) is 0. The van der Waals surface area contributed by atoms with Crippen molar-refractivity contribution in [3.05, 3.63) is 70.6 Å². The molecule has 3 N–H and O–H groups in total. The summed E-state index contributed by atoms with van der Waals surface area (Å²) in [6.45, 7) is 0. The van der Waals surface area contributed by atoms with Gasteiger partial charge in [-0.3, -0.25) is 20.0 Å². The number of aromatic amines is 2. The van der Waals surface area contributed by atoms with Crippen molar-refractivity contribution in [3.63, 3.8) is 0 Å². The van der Waals surface area contributed by atoms with Gasteiger partial charge in [-0.2, -0.15) is 10.1 Å². The Morgan fingerprint density at radius 1 is 0.920 bits per heavy atom. The lowest BCUT2D eigenvalue weighted by Crippen LogP contribution is -2.18. The number of amides is 1. The lowest BCUT2D eigenvalue weighted by Gasteiger charge is -2.02. The molecule has 0 unspecified atom stereocenters. The third-order valence-corrected chi connectivity index (χ3v) is 3.67. The third kappa shape index (κ3) is 2.88. The van der Waals surface area contributed by atoms with Gasteiger partial charge in [0.05, 0.1) is 0 Å². The minimum atomic E-state index is -0.514. The smallest absolute Gasteiger partial charge is 0.278 e. The Morgan fingerprint density at radius 3 is 2.60 bits per heavy atom. The molecule has 0 fully saturated rings. The number of carbonyl (C=O) groups excluding carboxylic acids is 1. The molecule has 0 saturated heterocycles. The summed E-state index contributed by atoms with van der Waals surface area (Å²) < 4.78 is 0. The van der Waals surface area contributed by atoms with Crippen LogP contribution in [0.1, 0.15) is 10.5 Å². The van der Waals surface area contributed by atoms with E-state index in [-0.39, 0.29) is 17.2 Å². The lowest BCUT2D eigenvalue weighted by molar-refractivity contribution is 0.102. The molecule has 4 aromatic rings. The maximum Gasteiger partial charge on any atom is 0.278 e. The molecular weight excluding hydrogens is 320 g/mol. The summed E-state index contributed by atoms with van der Waals surface area (Å²) >= 11 is 0. The maximum atomic E-state index is 12.1. The van der Waals surface area contributed by atoms with E-state index in [1.165, 1.54) is 12.1 Å². The number of nitrogens with zero attached hydrogens (tertiary/aromatic N) is 3. The number of anilines is 1. The van der Waals surface area contributed by atoms with Gasteiger partial charge in [-0.05, 0) is 16.8 Å². The van der Waals surface area contributed by atoms with Gasteiger partial charge in [0.25, 0.3) is 11.5 Å². The SMILES string of the molecule is O=C(Nc1n[nH]c(-c2cccc3ccccc23)n1)c1ccc(=O)[nH]n1. The highest BCUT2D eigenvalue weighted by atomic mass is 16.2. The number of benzene rings is 2. The summed E-state index contributed by atoms with van der Waals surface area (Å²) in [6.07, 6.45) is 0. The van der Waals surface area contributed by atoms with Crippen molar-refractivity contribution >= 4 is 22.6 Å². The van der Waals surface area contributed by atoms with Crippen LogP contribution in [-0.4, -0.2) is 31.3 Å². The van der Waals surface area contributed by atoms with E-state index in [0.717, 1.165) is 16.3 Å². The summed E-state index contributed by atoms with van der Waals surface area (Å²) in [4.78, 5) is 27.4. The van der Waals surface area contributed by atoms with E-state index < -0.39 is 5.91 Å². The predicted molar refractivity (Wildman–Crippen MR) is 92.1 cm³/mol. The van der Waals surface area contributed by atoms with Crippen LogP contribution in [0.2, 0.25) is 0 Å². The number of hydrogen-bond donors (Lipinski definition) is 3. The minimum absolute atomic E-state index is 0.0658. The lowest BCUT2D eigenvalue weighted by atomic mass is 10.0. The topological polar surface area (TPSA) is 116 Å². The Labute approximate surface area is 140 Å². The number of nitrogens with one attached hydrogen (secondary N) is 3. The molecule has 0 aliphatic carbocycles. The average Bonchev–Trinajstić information content (AvgIpc) is 3.10. The van der Waals surface area contributed by atoms with Gasteiger partial charge in [-0.25, -0.2) is 5.10 Å². The molecule has 0 atom stereocenters. The normalized spacial score (nSPS) is 10.7. The number of fused-ring (bicyclic) bond motifs is 1. The van der Waals surface area contributed by atoms with Crippen LogP contribution in [0.15, 0.2) is 59.4 Å². The van der Waals surface area contributed by atoms with Crippen LogP contribution < -0.4 is 10.9 Å². The zero-order valence-corrected chi connectivity index (χ0v) is 12.9. The van der Waals surface area contributed by atoms with Crippen molar-refractivity contribution in [1.29, 1.82) is 0 Å². The van der Waals surface area contributed by atoms with Crippen molar-refractivity contribution in [2.75, 3.05) is 5.32 Å². The molecule has 0 aliphatic heterocycles. The number of carbonyl (C=O) groups is 1. The minimum Gasteiger partial charge on any atom is -0.288 e. The van der Waals surface area contributed by atoms with E-state index in [1.54, 1.807) is 0 Å². The van der Waals surface area contributed by atoms with E-state index in [0.29, 0.717) is 5.82 Å². The first-order valence-electron chi connectivity index (χ1n) is 7.48. The first kappa shape index (κ1) is 14.8. The second-order valence-corrected chi connectivity index (χ2v) is 5.29. The Morgan fingerprint density at radius 2 is 1.76 bits per heavy atom. The molecule has 122 valence electrons. The van der Waals surface area contributed by atoms with Crippen molar-refractivity contribution in [3.8, 4) is 11.4 Å². The first-order valence-corrected chi connectivity index (χ1v) is 7.48. The van der Waals surface area contributed by atoms with Crippen LogP contribution in [-0.2, 0) is 0 Å². The highest BCUT2D eigenvalue weighted by molar-refractivity contribution is 6.02. The largest absolute Gasteiger partial charge is 0.288 e. The van der Waals surface area contributed by atoms with E-state index in [2.05, 4.69) is 30.7 Å². The molecule has 0 aliphatic rings. The number of aromatic nitrogens is 5. The van der Waals surface area contributed by atoms with E-state index in [9.17, 15) is 9.59 Å². The van der Waals surface area contributed by atoms with Crippen LogP contribution in [0, 0.1) is 0 Å². The molecular formula is C17H12N6O2. The summed E-state index contributed by atoms with van der Waals surface area (Å²) in [5.41, 5.74) is 0.567. The third-order valence-electron chi connectivity index (χ3n) is 3.67. The molecule has 4 rings (SSSR count). The fourth-order valence-electron chi connectivity index (χ4n) is 2.51. The molecule has 2 aromatic heterocycles. The van der Waals surface area contributed by atoms with E-state index in [4.69, 9.17) is 0 Å². The Hall–Kier alpha value is -3.81. The molecule has 8 nitrogen and oxygen atoms in total. The maximum absolute atomic E-state index is 12.1. The van der Waals surface area contributed by atoms with Gasteiger partial charge in [0.2, 0.25) is 5.95 Å². The van der Waals surface area contributed by atoms with Gasteiger partial charge in [0, 0.05) is 11.6 Å². The zero-order valence-electron chi connectivity index (χ0n) is 12.9. The standard InChI is InChI=1S/C17H12N6O2/c24-14-9-8-13(20-21-14)16(25)19-17-18-15(22-23-17)12-7-3-5-10-4-1-2-6-11(10)12/h1-9H,(H,21,24)(H2,18,19,22,23,25). The molecule has 2 aromatic carbocycles. The number of H-pyrrole nitrogens is 2. The van der Waals surface area contributed by atoms with Gasteiger partial charge in [0.15, 0.2) is 5.82 Å². The molecule has 1 amide bonds. The summed E-state index contributed by atoms with van der Waals surface area (Å²) in [6, 6.07) is 16.4. The molecule has 2 heterocycles. The van der Waals surface area contributed by atoms with Crippen LogP contribution in [0.3, 0.4) is 0 Å².